The van der Waals surface area contributed by atoms with Crippen molar-refractivity contribution in [1.82, 2.24) is 9.80 Å². The average molecular weight is 405 g/mol. The summed E-state index contributed by atoms with van der Waals surface area (Å²) in [4.78, 5) is 17.0. The maximum absolute atomic E-state index is 12.9. The molecule has 3 rings (SSSR count). The lowest BCUT2D eigenvalue weighted by atomic mass is 9.92. The Kier molecular flexibility index (Phi) is 5.74. The van der Waals surface area contributed by atoms with Gasteiger partial charge in [-0.15, -0.1) is 12.4 Å². The minimum atomic E-state index is -1.02. The van der Waals surface area contributed by atoms with Crippen molar-refractivity contribution >= 4 is 34.2 Å². The van der Waals surface area contributed by atoms with Crippen molar-refractivity contribution in [3.8, 4) is 0 Å². The van der Waals surface area contributed by atoms with Crippen LogP contribution in [-0.4, -0.2) is 61.1 Å². The summed E-state index contributed by atoms with van der Waals surface area (Å²) >= 11 is 3.41. The zero-order valence-corrected chi connectivity index (χ0v) is 15.8. The highest BCUT2D eigenvalue weighted by Crippen LogP contribution is 2.27. The third kappa shape index (κ3) is 3.56. The molecule has 23 heavy (non-hydrogen) atoms. The van der Waals surface area contributed by atoms with Gasteiger partial charge in [-0.1, -0.05) is 28.1 Å². The summed E-state index contributed by atoms with van der Waals surface area (Å²) in [5, 5.41) is 0. The Balaban J connectivity index is 0.00000192. The van der Waals surface area contributed by atoms with Crippen LogP contribution in [0.2, 0.25) is 0 Å². The number of likely N-dealkylation sites (N-methyl/N-ethyl adjacent to an activating group) is 1. The number of carbonyl (C=O) groups is 1. The highest BCUT2D eigenvalue weighted by molar-refractivity contribution is 9.10. The molecule has 2 fully saturated rings. The molecule has 0 bridgehead atoms. The summed E-state index contributed by atoms with van der Waals surface area (Å²) in [6, 6.07) is 7.89. The predicted molar refractivity (Wildman–Crippen MR) is 95.7 cm³/mol. The second-order valence-electron chi connectivity index (χ2n) is 6.38. The Hall–Kier alpha value is -0.660. The van der Waals surface area contributed by atoms with E-state index in [0.29, 0.717) is 13.1 Å². The van der Waals surface area contributed by atoms with Crippen LogP contribution in [0.3, 0.4) is 0 Å². The fourth-order valence-corrected chi connectivity index (χ4v) is 3.54. The van der Waals surface area contributed by atoms with Crippen LogP contribution < -0.4 is 5.73 Å². The molecule has 128 valence electrons. The van der Waals surface area contributed by atoms with Crippen LogP contribution >= 0.6 is 28.3 Å². The smallest absolute Gasteiger partial charge is 0.247 e. The van der Waals surface area contributed by atoms with Gasteiger partial charge in [-0.2, -0.15) is 0 Å². The number of ether oxygens (including phenoxy) is 1. The summed E-state index contributed by atoms with van der Waals surface area (Å²) in [7, 11) is 2.09. The molecule has 0 spiro atoms. The fraction of sp³-hybridized carbons (Fsp3) is 0.562. The molecule has 1 aromatic carbocycles. The number of nitrogens with zero attached hydrogens (tertiary/aromatic N) is 2. The van der Waals surface area contributed by atoms with Gasteiger partial charge in [-0.3, -0.25) is 9.69 Å². The zero-order chi connectivity index (χ0) is 15.9. The number of nitrogens with two attached hydrogens (primary N) is 1. The Morgan fingerprint density at radius 1 is 1.35 bits per heavy atom. The van der Waals surface area contributed by atoms with Crippen LogP contribution in [0.4, 0.5) is 0 Å². The lowest BCUT2D eigenvalue weighted by Gasteiger charge is -2.33. The van der Waals surface area contributed by atoms with Gasteiger partial charge in [-0.25, -0.2) is 0 Å². The van der Waals surface area contributed by atoms with Crippen molar-refractivity contribution < 1.29 is 9.53 Å². The van der Waals surface area contributed by atoms with Crippen LogP contribution in [0.15, 0.2) is 28.7 Å². The zero-order valence-electron chi connectivity index (χ0n) is 13.4. The monoisotopic (exact) mass is 403 g/mol. The molecule has 0 saturated carbocycles. The molecule has 0 radical (unpaired) electrons. The van der Waals surface area contributed by atoms with E-state index in [2.05, 4.69) is 27.9 Å². The van der Waals surface area contributed by atoms with E-state index in [1.54, 1.807) is 6.92 Å². The van der Waals surface area contributed by atoms with E-state index in [-0.39, 0.29) is 30.5 Å². The van der Waals surface area contributed by atoms with E-state index < -0.39 is 5.54 Å². The molecule has 3 atom stereocenters. The molecule has 0 aliphatic carbocycles. The predicted octanol–water partition coefficient (Wildman–Crippen LogP) is 1.59. The summed E-state index contributed by atoms with van der Waals surface area (Å²) in [6.07, 6.45) is 0.100. The van der Waals surface area contributed by atoms with Crippen LogP contribution in [-0.2, 0) is 15.1 Å². The number of likely N-dealkylation sites (tertiary alicyclic amines) is 1. The minimum absolute atomic E-state index is 0. The van der Waals surface area contributed by atoms with E-state index in [1.807, 2.05) is 29.2 Å². The third-order valence-electron chi connectivity index (χ3n) is 4.75. The first kappa shape index (κ1) is 18.7. The normalized spacial score (nSPS) is 27.0. The summed E-state index contributed by atoms with van der Waals surface area (Å²) in [5.74, 6) is -0.0405. The molecule has 1 unspecified atom stereocenters. The highest BCUT2D eigenvalue weighted by atomic mass is 79.9. The second kappa shape index (κ2) is 7.07. The minimum Gasteiger partial charge on any atom is -0.373 e. The lowest BCUT2D eigenvalue weighted by Crippen LogP contribution is -2.51. The third-order valence-corrected chi connectivity index (χ3v) is 5.28. The van der Waals surface area contributed by atoms with Crippen molar-refractivity contribution in [2.45, 2.75) is 24.6 Å². The van der Waals surface area contributed by atoms with Gasteiger partial charge in [0.15, 0.2) is 0 Å². The molecule has 2 aliphatic heterocycles. The van der Waals surface area contributed by atoms with Crippen LogP contribution in [0, 0.1) is 0 Å². The molecular formula is C16H23BrClN3O2. The number of morpholine rings is 1. The van der Waals surface area contributed by atoms with Crippen LogP contribution in [0.25, 0.3) is 0 Å². The first-order valence-electron chi connectivity index (χ1n) is 7.56. The van der Waals surface area contributed by atoms with Crippen LogP contribution in [0.1, 0.15) is 12.5 Å². The lowest BCUT2D eigenvalue weighted by molar-refractivity contribution is -0.136. The SMILES string of the molecule is CN1CCO[C@@H]2CN(C(=O)C(C)(N)c3ccc(Br)cc3)C[C@@H]21.Cl. The Morgan fingerprint density at radius 3 is 2.61 bits per heavy atom. The number of rotatable bonds is 2. The molecule has 7 heteroatoms. The molecule has 2 heterocycles. The molecule has 2 aliphatic rings. The van der Waals surface area contributed by atoms with E-state index >= 15 is 0 Å². The first-order chi connectivity index (χ1) is 10.4. The molecular weight excluding hydrogens is 382 g/mol. The van der Waals surface area contributed by atoms with E-state index in [0.717, 1.165) is 23.2 Å². The van der Waals surface area contributed by atoms with Gasteiger partial charge >= 0.3 is 0 Å². The molecule has 0 aromatic heterocycles. The van der Waals surface area contributed by atoms with E-state index in [1.165, 1.54) is 0 Å². The summed E-state index contributed by atoms with van der Waals surface area (Å²) in [5.41, 5.74) is 6.18. The van der Waals surface area contributed by atoms with Gasteiger partial charge in [0.25, 0.3) is 0 Å². The number of hydrogen-bond acceptors (Lipinski definition) is 4. The second-order valence-corrected chi connectivity index (χ2v) is 7.29. The van der Waals surface area contributed by atoms with Crippen LogP contribution in [0.5, 0.6) is 0 Å². The van der Waals surface area contributed by atoms with E-state index in [9.17, 15) is 4.79 Å². The number of amides is 1. The molecule has 2 N–H and O–H groups in total. The van der Waals surface area contributed by atoms with Gasteiger partial charge < -0.3 is 15.4 Å². The van der Waals surface area contributed by atoms with Gasteiger partial charge in [0.1, 0.15) is 5.54 Å². The number of halogens is 2. The highest BCUT2D eigenvalue weighted by Gasteiger charge is 2.44. The molecule has 2 saturated heterocycles. The summed E-state index contributed by atoms with van der Waals surface area (Å²) in [6.45, 7) is 4.73. The largest absolute Gasteiger partial charge is 0.373 e. The average Bonchev–Trinajstić information content (AvgIpc) is 2.92. The first-order valence-corrected chi connectivity index (χ1v) is 8.35. The molecule has 1 amide bonds. The Morgan fingerprint density at radius 2 is 2.00 bits per heavy atom. The van der Waals surface area contributed by atoms with Gasteiger partial charge in [-0.05, 0) is 31.7 Å². The fourth-order valence-electron chi connectivity index (χ4n) is 3.27. The van der Waals surface area contributed by atoms with Crippen molar-refractivity contribution in [2.75, 3.05) is 33.3 Å². The molecule has 1 aromatic rings. The van der Waals surface area contributed by atoms with Gasteiger partial charge in [0, 0.05) is 24.1 Å². The summed E-state index contributed by atoms with van der Waals surface area (Å²) < 4.78 is 6.78. The Labute approximate surface area is 151 Å². The van der Waals surface area contributed by atoms with Crippen molar-refractivity contribution in [2.24, 2.45) is 5.73 Å². The number of carbonyl (C=O) groups excluding carboxylic acids is 1. The maximum Gasteiger partial charge on any atom is 0.247 e. The number of hydrogen-bond donors (Lipinski definition) is 1. The van der Waals surface area contributed by atoms with Gasteiger partial charge in [0.05, 0.1) is 18.8 Å². The number of benzene rings is 1. The Bertz CT molecular complexity index is 567. The molecule has 5 nitrogen and oxygen atoms in total. The quantitative estimate of drug-likeness (QED) is 0.813. The topological polar surface area (TPSA) is 58.8 Å². The van der Waals surface area contributed by atoms with Crippen molar-refractivity contribution in [1.29, 1.82) is 0 Å². The van der Waals surface area contributed by atoms with Crippen molar-refractivity contribution in [3.05, 3.63) is 34.3 Å². The number of fused-ring (bicyclic) bond motifs is 1. The van der Waals surface area contributed by atoms with Crippen molar-refractivity contribution in [3.63, 3.8) is 0 Å². The maximum atomic E-state index is 12.9. The standard InChI is InChI=1S/C16H22BrN3O2.ClH/c1-16(18,11-3-5-12(17)6-4-11)15(21)20-9-13-14(10-20)22-8-7-19(13)2;/h3-6,13-14H,7-10,18H2,1-2H3;1H/t13-,14+,16?;/m0./s1. The van der Waals surface area contributed by atoms with E-state index in [4.69, 9.17) is 10.5 Å². The van der Waals surface area contributed by atoms with Gasteiger partial charge in [0.2, 0.25) is 5.91 Å².